The fraction of sp³-hybridized carbons (Fsp3) is 0.429. The fourth-order valence-corrected chi connectivity index (χ4v) is 4.19. The van der Waals surface area contributed by atoms with Crippen LogP contribution in [0.3, 0.4) is 0 Å². The molecule has 6 heteroatoms. The molecule has 0 bridgehead atoms. The van der Waals surface area contributed by atoms with Gasteiger partial charge in [-0.25, -0.2) is 4.79 Å². The van der Waals surface area contributed by atoms with Gasteiger partial charge >= 0.3 is 6.03 Å². The molecule has 0 spiro atoms. The standard InChI is InChI=1S/C21H26N4O2/c1-27-20-7-3-2-5-19(20)24-14-10-17(15-24)23-21(26)25-13-4-6-18(25)16-8-11-22-12-9-16/h2-3,5,7-9,11-12,17-18H,4,6,10,13-15H2,1H3,(H,23,26). The van der Waals surface area contributed by atoms with E-state index < -0.39 is 0 Å². The molecule has 0 aliphatic carbocycles. The topological polar surface area (TPSA) is 57.7 Å². The first-order valence-electron chi connectivity index (χ1n) is 9.61. The van der Waals surface area contributed by atoms with Gasteiger partial charge in [-0.2, -0.15) is 0 Å². The number of pyridine rings is 1. The molecule has 2 fully saturated rings. The predicted octanol–water partition coefficient (Wildman–Crippen LogP) is 3.22. The van der Waals surface area contributed by atoms with Crippen LogP contribution in [0.1, 0.15) is 30.9 Å². The number of nitrogens with zero attached hydrogens (tertiary/aromatic N) is 3. The van der Waals surface area contributed by atoms with Crippen molar-refractivity contribution < 1.29 is 9.53 Å². The van der Waals surface area contributed by atoms with Crippen molar-refractivity contribution in [2.24, 2.45) is 0 Å². The van der Waals surface area contributed by atoms with E-state index in [1.54, 1.807) is 19.5 Å². The van der Waals surface area contributed by atoms with Crippen LogP contribution in [-0.2, 0) is 0 Å². The summed E-state index contributed by atoms with van der Waals surface area (Å²) in [5.41, 5.74) is 2.26. The van der Waals surface area contributed by atoms with E-state index >= 15 is 0 Å². The monoisotopic (exact) mass is 366 g/mol. The van der Waals surface area contributed by atoms with Gasteiger partial charge in [0.1, 0.15) is 5.75 Å². The molecular weight excluding hydrogens is 340 g/mol. The molecule has 2 unspecified atom stereocenters. The Hall–Kier alpha value is -2.76. The molecule has 142 valence electrons. The van der Waals surface area contributed by atoms with Crippen LogP contribution in [0.25, 0.3) is 0 Å². The summed E-state index contributed by atoms with van der Waals surface area (Å²) in [4.78, 5) is 21.3. The van der Waals surface area contributed by atoms with Gasteiger partial charge in [0, 0.05) is 38.1 Å². The number of aromatic nitrogens is 1. The molecule has 6 nitrogen and oxygen atoms in total. The third-order valence-electron chi connectivity index (χ3n) is 5.55. The molecule has 2 aromatic rings. The van der Waals surface area contributed by atoms with E-state index in [0.29, 0.717) is 0 Å². The maximum Gasteiger partial charge on any atom is 0.318 e. The minimum absolute atomic E-state index is 0.0428. The van der Waals surface area contributed by atoms with Crippen LogP contribution in [0.15, 0.2) is 48.8 Å². The number of ether oxygens (including phenoxy) is 1. The first-order valence-corrected chi connectivity index (χ1v) is 9.61. The number of urea groups is 1. The Balaban J connectivity index is 1.39. The number of benzene rings is 1. The van der Waals surface area contributed by atoms with Crippen LogP contribution in [0, 0.1) is 0 Å². The Labute approximate surface area is 160 Å². The second kappa shape index (κ2) is 7.86. The Kier molecular flexibility index (Phi) is 5.14. The lowest BCUT2D eigenvalue weighted by Crippen LogP contribution is -2.45. The third-order valence-corrected chi connectivity index (χ3v) is 5.55. The minimum atomic E-state index is 0.0428. The molecule has 2 amide bonds. The van der Waals surface area contributed by atoms with E-state index in [9.17, 15) is 4.79 Å². The summed E-state index contributed by atoms with van der Waals surface area (Å²) < 4.78 is 5.48. The molecule has 3 heterocycles. The molecule has 4 rings (SSSR count). The summed E-state index contributed by atoms with van der Waals surface area (Å²) in [5, 5.41) is 3.25. The Morgan fingerprint density at radius 3 is 2.78 bits per heavy atom. The number of methoxy groups -OCH3 is 1. The van der Waals surface area contributed by atoms with Crippen molar-refractivity contribution >= 4 is 11.7 Å². The van der Waals surface area contributed by atoms with Crippen LogP contribution in [0.2, 0.25) is 0 Å². The van der Waals surface area contributed by atoms with Crippen molar-refractivity contribution in [3.8, 4) is 5.75 Å². The summed E-state index contributed by atoms with van der Waals surface area (Å²) in [6.45, 7) is 2.53. The zero-order chi connectivity index (χ0) is 18.6. The van der Waals surface area contributed by atoms with Crippen molar-refractivity contribution in [2.45, 2.75) is 31.3 Å². The summed E-state index contributed by atoms with van der Waals surface area (Å²) in [5.74, 6) is 0.877. The van der Waals surface area contributed by atoms with Gasteiger partial charge in [0.2, 0.25) is 0 Å². The molecule has 2 atom stereocenters. The SMILES string of the molecule is COc1ccccc1N1CCC(NC(=O)N2CCCC2c2ccncc2)C1. The second-order valence-electron chi connectivity index (χ2n) is 7.18. The van der Waals surface area contributed by atoms with Gasteiger partial charge in [0.15, 0.2) is 0 Å². The highest BCUT2D eigenvalue weighted by Crippen LogP contribution is 2.33. The lowest BCUT2D eigenvalue weighted by Gasteiger charge is -2.27. The lowest BCUT2D eigenvalue weighted by atomic mass is 10.1. The molecule has 2 saturated heterocycles. The van der Waals surface area contributed by atoms with Crippen molar-refractivity contribution in [1.29, 1.82) is 0 Å². The van der Waals surface area contributed by atoms with Gasteiger partial charge < -0.3 is 19.9 Å². The number of hydrogen-bond acceptors (Lipinski definition) is 4. The average Bonchev–Trinajstić information content (AvgIpc) is 3.38. The highest BCUT2D eigenvalue weighted by atomic mass is 16.5. The van der Waals surface area contributed by atoms with Crippen molar-refractivity contribution in [2.75, 3.05) is 31.6 Å². The molecule has 0 saturated carbocycles. The first kappa shape index (κ1) is 17.6. The quantitative estimate of drug-likeness (QED) is 0.903. The van der Waals surface area contributed by atoms with Crippen LogP contribution < -0.4 is 15.0 Å². The minimum Gasteiger partial charge on any atom is -0.495 e. The van der Waals surface area contributed by atoms with Gasteiger partial charge in [-0.15, -0.1) is 0 Å². The van der Waals surface area contributed by atoms with Crippen LogP contribution in [-0.4, -0.2) is 48.7 Å². The molecular formula is C21H26N4O2. The number of amides is 2. The molecule has 1 aromatic carbocycles. The zero-order valence-electron chi connectivity index (χ0n) is 15.7. The van der Waals surface area contributed by atoms with E-state index in [1.807, 2.05) is 35.2 Å². The Bertz CT molecular complexity index is 783. The number of para-hydroxylation sites is 2. The molecule has 2 aliphatic rings. The number of carbonyl (C=O) groups is 1. The maximum atomic E-state index is 12.9. The summed E-state index contributed by atoms with van der Waals surface area (Å²) in [6, 6.07) is 12.4. The van der Waals surface area contributed by atoms with Crippen molar-refractivity contribution in [3.63, 3.8) is 0 Å². The largest absolute Gasteiger partial charge is 0.495 e. The van der Waals surface area contributed by atoms with Crippen molar-refractivity contribution in [3.05, 3.63) is 54.4 Å². The number of likely N-dealkylation sites (tertiary alicyclic amines) is 1. The molecule has 1 N–H and O–H groups in total. The highest BCUT2D eigenvalue weighted by Gasteiger charge is 2.32. The zero-order valence-corrected chi connectivity index (χ0v) is 15.7. The van der Waals surface area contributed by atoms with Crippen molar-refractivity contribution in [1.82, 2.24) is 15.2 Å². The lowest BCUT2D eigenvalue weighted by molar-refractivity contribution is 0.189. The molecule has 2 aliphatic heterocycles. The predicted molar refractivity (Wildman–Crippen MR) is 105 cm³/mol. The first-order chi connectivity index (χ1) is 13.3. The van der Waals surface area contributed by atoms with Crippen LogP contribution in [0.4, 0.5) is 10.5 Å². The number of rotatable bonds is 4. The van der Waals surface area contributed by atoms with Crippen LogP contribution >= 0.6 is 0 Å². The van der Waals surface area contributed by atoms with Gasteiger partial charge in [0.25, 0.3) is 0 Å². The van der Waals surface area contributed by atoms with Gasteiger partial charge in [-0.1, -0.05) is 12.1 Å². The van der Waals surface area contributed by atoms with E-state index in [0.717, 1.165) is 50.3 Å². The Morgan fingerprint density at radius 1 is 1.15 bits per heavy atom. The third kappa shape index (κ3) is 3.70. The molecule has 1 aromatic heterocycles. The summed E-state index contributed by atoms with van der Waals surface area (Å²) in [7, 11) is 1.70. The number of hydrogen-bond donors (Lipinski definition) is 1. The van der Waals surface area contributed by atoms with E-state index in [1.165, 1.54) is 5.56 Å². The van der Waals surface area contributed by atoms with Gasteiger partial charge in [-0.3, -0.25) is 4.98 Å². The summed E-state index contributed by atoms with van der Waals surface area (Å²) >= 11 is 0. The smallest absolute Gasteiger partial charge is 0.318 e. The highest BCUT2D eigenvalue weighted by molar-refractivity contribution is 5.75. The number of anilines is 1. The normalized spacial score (nSPS) is 22.1. The van der Waals surface area contributed by atoms with E-state index in [4.69, 9.17) is 4.74 Å². The van der Waals surface area contributed by atoms with E-state index in [-0.39, 0.29) is 18.1 Å². The summed E-state index contributed by atoms with van der Waals surface area (Å²) in [6.07, 6.45) is 6.59. The fourth-order valence-electron chi connectivity index (χ4n) is 4.19. The molecule has 27 heavy (non-hydrogen) atoms. The molecule has 0 radical (unpaired) electrons. The van der Waals surface area contributed by atoms with E-state index in [2.05, 4.69) is 21.3 Å². The van der Waals surface area contributed by atoms with Gasteiger partial charge in [0.05, 0.1) is 18.8 Å². The maximum absolute atomic E-state index is 12.9. The van der Waals surface area contributed by atoms with Gasteiger partial charge in [-0.05, 0) is 49.1 Å². The van der Waals surface area contributed by atoms with Crippen LogP contribution in [0.5, 0.6) is 5.75 Å². The number of carbonyl (C=O) groups excluding carboxylic acids is 1. The second-order valence-corrected chi connectivity index (χ2v) is 7.18. The number of nitrogens with one attached hydrogen (secondary N) is 1. The Morgan fingerprint density at radius 2 is 1.96 bits per heavy atom. The average molecular weight is 366 g/mol.